The lowest BCUT2D eigenvalue weighted by Gasteiger charge is -2.28. The number of anilines is 1. The average molecular weight is 469 g/mol. The van der Waals surface area contributed by atoms with Gasteiger partial charge in [0, 0.05) is 24.7 Å². The van der Waals surface area contributed by atoms with E-state index in [1.165, 1.54) is 0 Å². The second-order valence-electron chi connectivity index (χ2n) is 10.5. The molecule has 2 fully saturated rings. The van der Waals surface area contributed by atoms with Gasteiger partial charge in [0.05, 0.1) is 11.4 Å². The Kier molecular flexibility index (Phi) is 7.19. The van der Waals surface area contributed by atoms with Crippen LogP contribution in [0.25, 0.3) is 11.3 Å². The summed E-state index contributed by atoms with van der Waals surface area (Å²) in [7, 11) is 1.88. The van der Waals surface area contributed by atoms with Crippen molar-refractivity contribution >= 4 is 17.8 Å². The van der Waals surface area contributed by atoms with Crippen LogP contribution in [0.2, 0.25) is 0 Å². The molecule has 2 saturated carbocycles. The molecule has 0 saturated heterocycles. The number of carbonyl (C=O) groups is 2. The first-order valence-electron chi connectivity index (χ1n) is 12.4. The number of nitrogens with one attached hydrogen (secondary N) is 2. The number of aromatic nitrogens is 4. The Bertz CT molecular complexity index is 999. The smallest absolute Gasteiger partial charge is 0.408 e. The van der Waals surface area contributed by atoms with Crippen LogP contribution in [0.15, 0.2) is 18.3 Å². The summed E-state index contributed by atoms with van der Waals surface area (Å²) in [6, 6.07) is 3.04. The van der Waals surface area contributed by atoms with Crippen molar-refractivity contribution in [3.8, 4) is 11.3 Å². The Hall–Kier alpha value is -2.97. The summed E-state index contributed by atoms with van der Waals surface area (Å²) in [5.41, 5.74) is 2.26. The van der Waals surface area contributed by atoms with E-state index in [0.717, 1.165) is 68.3 Å². The second-order valence-corrected chi connectivity index (χ2v) is 10.5. The van der Waals surface area contributed by atoms with Crippen molar-refractivity contribution in [1.82, 2.24) is 25.3 Å². The molecular weight excluding hydrogens is 432 g/mol. The van der Waals surface area contributed by atoms with Crippen LogP contribution in [0, 0.1) is 5.92 Å². The average Bonchev–Trinajstić information content (AvgIpc) is 3.58. The van der Waals surface area contributed by atoms with E-state index in [1.807, 2.05) is 33.9 Å². The molecule has 0 radical (unpaired) electrons. The summed E-state index contributed by atoms with van der Waals surface area (Å²) in [6.45, 7) is 5.43. The summed E-state index contributed by atoms with van der Waals surface area (Å²) in [6.07, 6.45) is 9.67. The molecule has 2 N–H and O–H groups in total. The van der Waals surface area contributed by atoms with E-state index in [2.05, 4.69) is 25.9 Å². The maximum atomic E-state index is 13.3. The lowest BCUT2D eigenvalue weighted by atomic mass is 9.91. The van der Waals surface area contributed by atoms with Crippen molar-refractivity contribution in [1.29, 1.82) is 0 Å². The molecule has 9 heteroatoms. The summed E-state index contributed by atoms with van der Waals surface area (Å²) < 4.78 is 7.21. The molecule has 1 atom stereocenters. The molecule has 34 heavy (non-hydrogen) atoms. The molecular formula is C25H36N6O3. The fourth-order valence-electron chi connectivity index (χ4n) is 4.63. The van der Waals surface area contributed by atoms with Crippen molar-refractivity contribution in [2.24, 2.45) is 13.0 Å². The monoisotopic (exact) mass is 468 g/mol. The van der Waals surface area contributed by atoms with Gasteiger partial charge in [0.25, 0.3) is 0 Å². The molecule has 0 bridgehead atoms. The zero-order chi connectivity index (χ0) is 24.3. The fraction of sp³-hybridized carbons (Fsp3) is 0.640. The number of pyridine rings is 1. The quantitative estimate of drug-likeness (QED) is 0.602. The molecule has 9 nitrogen and oxygen atoms in total. The highest BCUT2D eigenvalue weighted by Crippen LogP contribution is 2.42. The van der Waals surface area contributed by atoms with Crippen molar-refractivity contribution in [3.05, 3.63) is 24.0 Å². The predicted octanol–water partition coefficient (Wildman–Crippen LogP) is 4.56. The number of aryl methyl sites for hydroxylation is 1. The third-order valence-electron chi connectivity index (χ3n) is 6.43. The van der Waals surface area contributed by atoms with Gasteiger partial charge in [0.2, 0.25) is 5.91 Å². The minimum absolute atomic E-state index is 0.0657. The van der Waals surface area contributed by atoms with Crippen LogP contribution in [-0.4, -0.2) is 43.6 Å². The highest BCUT2D eigenvalue weighted by atomic mass is 16.6. The van der Waals surface area contributed by atoms with Crippen LogP contribution in [0.1, 0.15) is 83.7 Å². The Morgan fingerprint density at radius 1 is 1.09 bits per heavy atom. The van der Waals surface area contributed by atoms with E-state index in [0.29, 0.717) is 11.7 Å². The van der Waals surface area contributed by atoms with Gasteiger partial charge in [-0.15, -0.1) is 5.10 Å². The molecule has 2 aliphatic carbocycles. The maximum Gasteiger partial charge on any atom is 0.408 e. The Balaban J connectivity index is 1.48. The lowest BCUT2D eigenvalue weighted by molar-refractivity contribution is -0.119. The van der Waals surface area contributed by atoms with Gasteiger partial charge in [-0.1, -0.05) is 30.9 Å². The number of alkyl carbamates (subject to hydrolysis) is 1. The highest BCUT2D eigenvalue weighted by molar-refractivity contribution is 5.96. The Labute approximate surface area is 201 Å². The third kappa shape index (κ3) is 6.12. The summed E-state index contributed by atoms with van der Waals surface area (Å²) in [5, 5.41) is 14.2. The molecule has 2 aliphatic rings. The van der Waals surface area contributed by atoms with E-state index in [1.54, 1.807) is 16.9 Å². The summed E-state index contributed by atoms with van der Waals surface area (Å²) in [5.74, 6) is 0.721. The van der Waals surface area contributed by atoms with Gasteiger partial charge in [0.15, 0.2) is 0 Å². The Morgan fingerprint density at radius 3 is 2.38 bits per heavy atom. The van der Waals surface area contributed by atoms with Gasteiger partial charge in [-0.2, -0.15) is 0 Å². The topological polar surface area (TPSA) is 111 Å². The fourth-order valence-corrected chi connectivity index (χ4v) is 4.63. The number of ether oxygens (including phenoxy) is 1. The van der Waals surface area contributed by atoms with E-state index < -0.39 is 17.7 Å². The van der Waals surface area contributed by atoms with E-state index >= 15 is 0 Å². The van der Waals surface area contributed by atoms with E-state index in [4.69, 9.17) is 4.74 Å². The zero-order valence-electron chi connectivity index (χ0n) is 20.6. The molecule has 2 heterocycles. The van der Waals surface area contributed by atoms with Crippen molar-refractivity contribution in [2.45, 2.75) is 89.7 Å². The number of hydrogen-bond donors (Lipinski definition) is 2. The molecule has 184 valence electrons. The first-order valence-corrected chi connectivity index (χ1v) is 12.4. The van der Waals surface area contributed by atoms with Crippen molar-refractivity contribution in [2.75, 3.05) is 5.32 Å². The van der Waals surface area contributed by atoms with Crippen LogP contribution in [0.4, 0.5) is 10.6 Å². The first kappa shape index (κ1) is 24.2. The summed E-state index contributed by atoms with van der Waals surface area (Å²) >= 11 is 0. The van der Waals surface area contributed by atoms with Crippen LogP contribution >= 0.6 is 0 Å². The highest BCUT2D eigenvalue weighted by Gasteiger charge is 2.33. The second kappa shape index (κ2) is 10.1. The molecule has 4 rings (SSSR count). The van der Waals surface area contributed by atoms with Crippen LogP contribution in [0.3, 0.4) is 0 Å². The van der Waals surface area contributed by atoms with Gasteiger partial charge in [-0.3, -0.25) is 4.79 Å². The molecule has 2 aromatic heterocycles. The number of nitrogens with zero attached hydrogens (tertiary/aromatic N) is 4. The van der Waals surface area contributed by atoms with Gasteiger partial charge in [0.1, 0.15) is 17.5 Å². The van der Waals surface area contributed by atoms with Crippen LogP contribution < -0.4 is 10.6 Å². The van der Waals surface area contributed by atoms with E-state index in [-0.39, 0.29) is 11.8 Å². The number of amides is 2. The van der Waals surface area contributed by atoms with E-state index in [9.17, 15) is 9.59 Å². The van der Waals surface area contributed by atoms with Gasteiger partial charge >= 0.3 is 6.09 Å². The minimum atomic E-state index is -0.669. The standard InChI is InChI=1S/C25H36N6O3/c1-25(2,3)34-24(33)28-21(16-9-7-5-6-8-10-16)23(32)27-19-14-13-18(15-26-19)22-20(17-11-12-17)29-30-31(22)4/h13-17,21H,5-12H2,1-4H3,(H,28,33)(H,26,27,32)/t21-/m0/s1. The predicted molar refractivity (Wildman–Crippen MR) is 129 cm³/mol. The molecule has 2 amide bonds. The normalized spacial score (nSPS) is 18.1. The van der Waals surface area contributed by atoms with Crippen LogP contribution in [-0.2, 0) is 16.6 Å². The first-order chi connectivity index (χ1) is 16.2. The molecule has 0 aromatic carbocycles. The van der Waals surface area contributed by atoms with Gasteiger partial charge < -0.3 is 15.4 Å². The zero-order valence-corrected chi connectivity index (χ0v) is 20.6. The molecule has 0 unspecified atom stereocenters. The minimum Gasteiger partial charge on any atom is -0.444 e. The number of carbonyl (C=O) groups excluding carboxylic acids is 2. The van der Waals surface area contributed by atoms with Crippen molar-refractivity contribution < 1.29 is 14.3 Å². The molecule has 0 spiro atoms. The Morgan fingerprint density at radius 2 is 1.79 bits per heavy atom. The van der Waals surface area contributed by atoms with Gasteiger partial charge in [-0.25, -0.2) is 14.5 Å². The van der Waals surface area contributed by atoms with Crippen molar-refractivity contribution in [3.63, 3.8) is 0 Å². The van der Waals surface area contributed by atoms with Gasteiger partial charge in [-0.05, 0) is 64.5 Å². The molecule has 0 aliphatic heterocycles. The SMILES string of the molecule is Cn1nnc(C2CC2)c1-c1ccc(NC(=O)[C@@H](NC(=O)OC(C)(C)C)C2CCCCCC2)nc1. The number of hydrogen-bond acceptors (Lipinski definition) is 6. The lowest BCUT2D eigenvalue weighted by Crippen LogP contribution is -2.50. The van der Waals surface area contributed by atoms with Crippen LogP contribution in [0.5, 0.6) is 0 Å². The summed E-state index contributed by atoms with van der Waals surface area (Å²) in [4.78, 5) is 30.3. The number of rotatable bonds is 6. The molecule has 2 aromatic rings. The largest absolute Gasteiger partial charge is 0.444 e. The maximum absolute atomic E-state index is 13.3. The third-order valence-corrected chi connectivity index (χ3v) is 6.43.